The van der Waals surface area contributed by atoms with Gasteiger partial charge in [0.1, 0.15) is 0 Å². The minimum Gasteiger partial charge on any atom is -0.385 e. The van der Waals surface area contributed by atoms with Crippen molar-refractivity contribution in [1.82, 2.24) is 15.5 Å². The molecule has 3 rings (SSSR count). The molecule has 3 unspecified atom stereocenters. The molecular weight excluding hydrogens is 438 g/mol. The minimum atomic E-state index is -0.993. The largest absolute Gasteiger partial charge is 0.385 e. The van der Waals surface area contributed by atoms with E-state index in [0.29, 0.717) is 25.5 Å². The SMILES string of the molecule is CNCC(CC1CCCCC1)NC(=O)N1CCCC(C)(C(O)(CCCCOC)c2ccccc2)C1. The number of nitrogens with zero attached hydrogens (tertiary/aromatic N) is 1. The first-order valence-electron chi connectivity index (χ1n) is 13.9. The number of hydrogen-bond donors (Lipinski definition) is 3. The molecular formula is C29H49N3O3. The molecule has 1 saturated heterocycles. The summed E-state index contributed by atoms with van der Waals surface area (Å²) >= 11 is 0. The van der Waals surface area contributed by atoms with Gasteiger partial charge in [0.05, 0.1) is 5.60 Å². The number of amides is 2. The van der Waals surface area contributed by atoms with Gasteiger partial charge in [0, 0.05) is 44.8 Å². The second kappa shape index (κ2) is 13.6. The van der Waals surface area contributed by atoms with Crippen LogP contribution in [0.5, 0.6) is 0 Å². The van der Waals surface area contributed by atoms with E-state index in [4.69, 9.17) is 4.74 Å². The van der Waals surface area contributed by atoms with Gasteiger partial charge in [0.25, 0.3) is 0 Å². The van der Waals surface area contributed by atoms with E-state index in [0.717, 1.165) is 50.8 Å². The smallest absolute Gasteiger partial charge is 0.317 e. The molecule has 0 bridgehead atoms. The number of carbonyl (C=O) groups excluding carboxylic acids is 1. The number of nitrogens with one attached hydrogen (secondary N) is 2. The van der Waals surface area contributed by atoms with Crippen LogP contribution in [-0.2, 0) is 10.3 Å². The van der Waals surface area contributed by atoms with Gasteiger partial charge in [-0.3, -0.25) is 0 Å². The van der Waals surface area contributed by atoms with Gasteiger partial charge in [-0.2, -0.15) is 0 Å². The first-order chi connectivity index (χ1) is 16.9. The molecule has 1 aliphatic carbocycles. The van der Waals surface area contributed by atoms with Crippen LogP contribution < -0.4 is 10.6 Å². The molecule has 6 nitrogen and oxygen atoms in total. The third kappa shape index (κ3) is 7.43. The molecule has 0 spiro atoms. The molecule has 0 radical (unpaired) electrons. The van der Waals surface area contributed by atoms with Crippen LogP contribution in [0.3, 0.4) is 0 Å². The van der Waals surface area contributed by atoms with Gasteiger partial charge in [0.15, 0.2) is 0 Å². The van der Waals surface area contributed by atoms with Crippen LogP contribution in [0.4, 0.5) is 4.79 Å². The summed E-state index contributed by atoms with van der Waals surface area (Å²) in [5, 5.41) is 18.9. The Bertz CT molecular complexity index is 755. The van der Waals surface area contributed by atoms with Crippen molar-refractivity contribution in [2.24, 2.45) is 11.3 Å². The van der Waals surface area contributed by atoms with Crippen LogP contribution in [0, 0.1) is 11.3 Å². The number of piperidine rings is 1. The summed E-state index contributed by atoms with van der Waals surface area (Å²) in [4.78, 5) is 15.4. The van der Waals surface area contributed by atoms with E-state index >= 15 is 0 Å². The van der Waals surface area contributed by atoms with Gasteiger partial charge in [0.2, 0.25) is 0 Å². The van der Waals surface area contributed by atoms with Crippen LogP contribution in [0.15, 0.2) is 30.3 Å². The number of hydrogen-bond acceptors (Lipinski definition) is 4. The Labute approximate surface area is 213 Å². The van der Waals surface area contributed by atoms with E-state index in [-0.39, 0.29) is 12.1 Å². The first kappa shape index (κ1) is 27.9. The van der Waals surface area contributed by atoms with Crippen molar-refractivity contribution in [1.29, 1.82) is 0 Å². The summed E-state index contributed by atoms with van der Waals surface area (Å²) in [6, 6.07) is 10.2. The molecule has 2 aliphatic rings. The maximum absolute atomic E-state index is 13.5. The molecule has 2 fully saturated rings. The zero-order chi connectivity index (χ0) is 25.2. The number of methoxy groups -OCH3 is 1. The lowest BCUT2D eigenvalue weighted by Crippen LogP contribution is -2.58. The highest BCUT2D eigenvalue weighted by Crippen LogP contribution is 2.48. The lowest BCUT2D eigenvalue weighted by atomic mass is 9.63. The number of likely N-dealkylation sites (N-methyl/N-ethyl adjacent to an activating group) is 1. The van der Waals surface area contributed by atoms with Crippen molar-refractivity contribution in [3.8, 4) is 0 Å². The number of unbranched alkanes of at least 4 members (excludes halogenated alkanes) is 1. The standard InChI is InChI=1S/C29H49N3O3/c1-28(29(34,18-10-11-20-35-3)25-15-8-5-9-16-25)17-12-19-32(23-28)27(33)31-26(22-30-2)21-24-13-6-4-7-14-24/h5,8-9,15-16,24,26,30,34H,4,6-7,10-14,17-23H2,1-3H3,(H,31,33). The zero-order valence-corrected chi connectivity index (χ0v) is 22.4. The molecule has 6 heteroatoms. The summed E-state index contributed by atoms with van der Waals surface area (Å²) in [7, 11) is 3.68. The Hall–Kier alpha value is -1.63. The van der Waals surface area contributed by atoms with E-state index in [1.165, 1.54) is 32.1 Å². The highest BCUT2D eigenvalue weighted by atomic mass is 16.5. The Morgan fingerprint density at radius 1 is 1.20 bits per heavy atom. The molecule has 1 heterocycles. The Kier molecular flexibility index (Phi) is 10.9. The maximum Gasteiger partial charge on any atom is 0.317 e. The predicted molar refractivity (Wildman–Crippen MR) is 142 cm³/mol. The summed E-state index contributed by atoms with van der Waals surface area (Å²) < 4.78 is 5.24. The molecule has 35 heavy (non-hydrogen) atoms. The van der Waals surface area contributed by atoms with Crippen molar-refractivity contribution in [3.05, 3.63) is 35.9 Å². The molecule has 0 aromatic heterocycles. The number of ether oxygens (including phenoxy) is 1. The second-order valence-corrected chi connectivity index (χ2v) is 11.2. The highest BCUT2D eigenvalue weighted by molar-refractivity contribution is 5.74. The van der Waals surface area contributed by atoms with Crippen LogP contribution in [0.2, 0.25) is 0 Å². The van der Waals surface area contributed by atoms with Gasteiger partial charge >= 0.3 is 6.03 Å². The van der Waals surface area contributed by atoms with Crippen molar-refractivity contribution in [3.63, 3.8) is 0 Å². The molecule has 2 amide bonds. The quantitative estimate of drug-likeness (QED) is 0.360. The fraction of sp³-hybridized carbons (Fsp3) is 0.759. The highest BCUT2D eigenvalue weighted by Gasteiger charge is 2.50. The Balaban J connectivity index is 1.71. The fourth-order valence-electron chi connectivity index (χ4n) is 6.42. The van der Waals surface area contributed by atoms with Gasteiger partial charge in [-0.25, -0.2) is 4.79 Å². The molecule has 3 atom stereocenters. The Morgan fingerprint density at radius 3 is 2.63 bits per heavy atom. The van der Waals surface area contributed by atoms with Gasteiger partial charge in [-0.1, -0.05) is 69.4 Å². The second-order valence-electron chi connectivity index (χ2n) is 11.2. The van der Waals surface area contributed by atoms with Crippen LogP contribution >= 0.6 is 0 Å². The van der Waals surface area contributed by atoms with Gasteiger partial charge < -0.3 is 25.4 Å². The van der Waals surface area contributed by atoms with Crippen LogP contribution in [-0.4, -0.2) is 62.5 Å². The molecule has 198 valence electrons. The number of likely N-dealkylation sites (tertiary alicyclic amines) is 1. The van der Waals surface area contributed by atoms with Gasteiger partial charge in [-0.05, 0) is 57.1 Å². The lowest BCUT2D eigenvalue weighted by molar-refractivity contribution is -0.116. The summed E-state index contributed by atoms with van der Waals surface area (Å²) in [6.07, 6.45) is 11.9. The van der Waals surface area contributed by atoms with E-state index in [9.17, 15) is 9.90 Å². The van der Waals surface area contributed by atoms with Gasteiger partial charge in [-0.15, -0.1) is 0 Å². The predicted octanol–water partition coefficient (Wildman–Crippen LogP) is 5.06. The number of benzene rings is 1. The average molecular weight is 488 g/mol. The molecule has 1 aromatic carbocycles. The monoisotopic (exact) mass is 487 g/mol. The van der Waals surface area contributed by atoms with Crippen LogP contribution in [0.1, 0.15) is 83.1 Å². The molecule has 1 aliphatic heterocycles. The van der Waals surface area contributed by atoms with E-state index < -0.39 is 11.0 Å². The first-order valence-corrected chi connectivity index (χ1v) is 13.9. The molecule has 3 N–H and O–H groups in total. The number of carbonyl (C=O) groups is 1. The average Bonchev–Trinajstić information content (AvgIpc) is 2.87. The van der Waals surface area contributed by atoms with E-state index in [1.54, 1.807) is 7.11 Å². The molecule has 1 aromatic rings. The number of rotatable bonds is 12. The maximum atomic E-state index is 13.5. The third-order valence-electron chi connectivity index (χ3n) is 8.49. The zero-order valence-electron chi connectivity index (χ0n) is 22.4. The number of aliphatic hydroxyl groups is 1. The van der Waals surface area contributed by atoms with Crippen molar-refractivity contribution >= 4 is 6.03 Å². The van der Waals surface area contributed by atoms with E-state index in [2.05, 4.69) is 17.6 Å². The Morgan fingerprint density at radius 2 is 1.94 bits per heavy atom. The summed E-state index contributed by atoms with van der Waals surface area (Å²) in [6.45, 7) is 4.96. The van der Waals surface area contributed by atoms with E-state index in [1.807, 2.05) is 42.3 Å². The fourth-order valence-corrected chi connectivity index (χ4v) is 6.42. The third-order valence-corrected chi connectivity index (χ3v) is 8.49. The normalized spacial score (nSPS) is 24.1. The number of urea groups is 1. The van der Waals surface area contributed by atoms with Crippen molar-refractivity contribution in [2.45, 2.75) is 89.2 Å². The van der Waals surface area contributed by atoms with Crippen LogP contribution in [0.25, 0.3) is 0 Å². The summed E-state index contributed by atoms with van der Waals surface area (Å²) in [5.41, 5.74) is -0.459. The summed E-state index contributed by atoms with van der Waals surface area (Å²) in [5.74, 6) is 0.712. The van der Waals surface area contributed by atoms with Crippen molar-refractivity contribution in [2.75, 3.05) is 40.4 Å². The minimum absolute atomic E-state index is 0.0155. The topological polar surface area (TPSA) is 73.8 Å². The molecule has 1 saturated carbocycles. The van der Waals surface area contributed by atoms with Crippen molar-refractivity contribution < 1.29 is 14.6 Å². The lowest BCUT2D eigenvalue weighted by Gasteiger charge is -2.51.